The normalized spacial score (nSPS) is 26.3. The fourth-order valence-electron chi connectivity index (χ4n) is 2.26. The molecule has 1 rings (SSSR count). The molecule has 6 nitrogen and oxygen atoms in total. The molecule has 2 atom stereocenters. The van der Waals surface area contributed by atoms with Crippen LogP contribution < -0.4 is 0 Å². The second-order valence-electron chi connectivity index (χ2n) is 6.15. The number of carbonyl (C=O) groups excluding carboxylic acids is 1. The Morgan fingerprint density at radius 1 is 1.37 bits per heavy atom. The summed E-state index contributed by atoms with van der Waals surface area (Å²) in [7, 11) is 0. The molecule has 19 heavy (non-hydrogen) atoms. The van der Waals surface area contributed by atoms with Crippen LogP contribution in [0.1, 0.15) is 48.0 Å². The van der Waals surface area contributed by atoms with E-state index in [4.69, 9.17) is 9.47 Å². The van der Waals surface area contributed by atoms with Crippen LogP contribution in [0.3, 0.4) is 0 Å². The van der Waals surface area contributed by atoms with Gasteiger partial charge in [-0.05, 0) is 41.0 Å². The van der Waals surface area contributed by atoms with E-state index in [9.17, 15) is 14.7 Å². The van der Waals surface area contributed by atoms with E-state index in [-0.39, 0.29) is 0 Å². The van der Waals surface area contributed by atoms with Crippen molar-refractivity contribution in [1.82, 2.24) is 4.90 Å². The third-order valence-corrected chi connectivity index (χ3v) is 2.93. The molecular weight excluding hydrogens is 250 g/mol. The Bertz CT molecular complexity index is 372. The highest BCUT2D eigenvalue weighted by atomic mass is 16.6. The van der Waals surface area contributed by atoms with Gasteiger partial charge in [0.05, 0.1) is 6.04 Å². The zero-order chi connectivity index (χ0) is 15.0. The van der Waals surface area contributed by atoms with E-state index in [0.717, 1.165) is 0 Å². The summed E-state index contributed by atoms with van der Waals surface area (Å²) < 4.78 is 10.8. The average Bonchev–Trinajstić information content (AvgIpc) is 2.46. The van der Waals surface area contributed by atoms with E-state index in [2.05, 4.69) is 0 Å². The molecule has 0 aromatic rings. The maximum Gasteiger partial charge on any atom is 0.412 e. The van der Waals surface area contributed by atoms with E-state index in [1.165, 1.54) is 4.90 Å². The van der Waals surface area contributed by atoms with Gasteiger partial charge in [0.1, 0.15) is 11.3 Å². The molecule has 1 fully saturated rings. The Morgan fingerprint density at radius 2 is 1.89 bits per heavy atom. The first-order valence-electron chi connectivity index (χ1n) is 6.42. The Hall–Kier alpha value is -1.30. The van der Waals surface area contributed by atoms with Crippen molar-refractivity contribution in [3.8, 4) is 0 Å². The number of hydrogen-bond donors (Lipinski definition) is 1. The van der Waals surface area contributed by atoms with Crippen molar-refractivity contribution in [3.63, 3.8) is 0 Å². The number of hydrogen-bond acceptors (Lipinski definition) is 4. The lowest BCUT2D eigenvalue weighted by molar-refractivity contribution is -0.155. The third kappa shape index (κ3) is 3.37. The molecule has 1 amide bonds. The van der Waals surface area contributed by atoms with E-state index >= 15 is 0 Å². The van der Waals surface area contributed by atoms with Crippen LogP contribution >= 0.6 is 0 Å². The van der Waals surface area contributed by atoms with Gasteiger partial charge >= 0.3 is 12.1 Å². The smallest absolute Gasteiger partial charge is 0.412 e. The van der Waals surface area contributed by atoms with E-state index in [0.29, 0.717) is 6.42 Å². The molecule has 0 unspecified atom stereocenters. The zero-order valence-corrected chi connectivity index (χ0v) is 12.4. The standard InChI is InChI=1S/C13H23NO5/c1-7-8-9(10(15)16)18-13(5,6)14(8)11(17)19-12(2,3)4/h8-9H,7H2,1-6H3,(H,15,16)/t8-,9+/m1/s1. The fourth-order valence-corrected chi connectivity index (χ4v) is 2.26. The Morgan fingerprint density at radius 3 is 2.26 bits per heavy atom. The second kappa shape index (κ2) is 5.00. The summed E-state index contributed by atoms with van der Waals surface area (Å²) >= 11 is 0. The summed E-state index contributed by atoms with van der Waals surface area (Å²) in [6.45, 7) is 10.5. The predicted octanol–water partition coefficient (Wildman–Crippen LogP) is 2.22. The largest absolute Gasteiger partial charge is 0.479 e. The van der Waals surface area contributed by atoms with Crippen molar-refractivity contribution in [1.29, 1.82) is 0 Å². The van der Waals surface area contributed by atoms with Crippen LogP contribution in [0, 0.1) is 0 Å². The molecule has 0 aromatic carbocycles. The average molecular weight is 273 g/mol. The van der Waals surface area contributed by atoms with E-state index < -0.39 is 35.5 Å². The summed E-state index contributed by atoms with van der Waals surface area (Å²) in [4.78, 5) is 24.8. The highest BCUT2D eigenvalue weighted by molar-refractivity contribution is 5.77. The highest BCUT2D eigenvalue weighted by Gasteiger charge is 2.53. The minimum atomic E-state index is -1.06. The first-order valence-corrected chi connectivity index (χ1v) is 6.42. The van der Waals surface area contributed by atoms with Gasteiger partial charge in [-0.2, -0.15) is 0 Å². The number of carboxylic acids is 1. The molecule has 1 aliphatic rings. The monoisotopic (exact) mass is 273 g/mol. The molecule has 0 spiro atoms. The van der Waals surface area contributed by atoms with Crippen molar-refractivity contribution < 1.29 is 24.2 Å². The van der Waals surface area contributed by atoms with Gasteiger partial charge in [-0.3, -0.25) is 4.90 Å². The third-order valence-electron chi connectivity index (χ3n) is 2.93. The highest BCUT2D eigenvalue weighted by Crippen LogP contribution is 2.35. The van der Waals surface area contributed by atoms with Crippen molar-refractivity contribution >= 4 is 12.1 Å². The topological polar surface area (TPSA) is 76.1 Å². The van der Waals surface area contributed by atoms with Crippen molar-refractivity contribution in [2.45, 2.75) is 71.4 Å². The van der Waals surface area contributed by atoms with Gasteiger partial charge in [-0.15, -0.1) is 0 Å². The first-order chi connectivity index (χ1) is 8.49. The van der Waals surface area contributed by atoms with Crippen LogP contribution in [0.25, 0.3) is 0 Å². The van der Waals surface area contributed by atoms with Crippen LogP contribution in [-0.4, -0.2) is 45.5 Å². The van der Waals surface area contributed by atoms with Crippen molar-refractivity contribution in [3.05, 3.63) is 0 Å². The molecule has 0 radical (unpaired) electrons. The van der Waals surface area contributed by atoms with Gasteiger partial charge in [0, 0.05) is 0 Å². The molecule has 0 aliphatic carbocycles. The van der Waals surface area contributed by atoms with Crippen LogP contribution in [0.5, 0.6) is 0 Å². The summed E-state index contributed by atoms with van der Waals surface area (Å²) in [6, 6.07) is -0.526. The molecule has 1 saturated heterocycles. The summed E-state index contributed by atoms with van der Waals surface area (Å²) in [5.74, 6) is -1.06. The molecule has 110 valence electrons. The quantitative estimate of drug-likeness (QED) is 0.834. The first kappa shape index (κ1) is 15.8. The molecule has 0 bridgehead atoms. The minimum absolute atomic E-state index is 0.486. The number of amides is 1. The van der Waals surface area contributed by atoms with Crippen molar-refractivity contribution in [2.75, 3.05) is 0 Å². The number of aliphatic carboxylic acids is 1. The Labute approximate surface area is 113 Å². The van der Waals surface area contributed by atoms with E-state index in [1.807, 2.05) is 6.92 Å². The maximum atomic E-state index is 12.2. The maximum absolute atomic E-state index is 12.2. The van der Waals surface area contributed by atoms with Gasteiger partial charge < -0.3 is 14.6 Å². The summed E-state index contributed by atoms with van der Waals surface area (Å²) in [5.41, 5.74) is -1.63. The summed E-state index contributed by atoms with van der Waals surface area (Å²) in [6.07, 6.45) is -1.08. The fraction of sp³-hybridized carbons (Fsp3) is 0.846. The molecule has 0 aromatic heterocycles. The van der Waals surface area contributed by atoms with Gasteiger partial charge in [0.2, 0.25) is 0 Å². The molecule has 6 heteroatoms. The lowest BCUT2D eigenvalue weighted by Gasteiger charge is -2.34. The Balaban J connectivity index is 3.02. The van der Waals surface area contributed by atoms with E-state index in [1.54, 1.807) is 34.6 Å². The Kier molecular flexibility index (Phi) is 4.14. The van der Waals surface area contributed by atoms with Crippen LogP contribution in [0.4, 0.5) is 4.79 Å². The summed E-state index contributed by atoms with van der Waals surface area (Å²) in [5, 5.41) is 9.18. The van der Waals surface area contributed by atoms with Gasteiger partial charge in [-0.1, -0.05) is 6.92 Å². The lowest BCUT2D eigenvalue weighted by atomic mass is 10.1. The van der Waals surface area contributed by atoms with Crippen LogP contribution in [0.2, 0.25) is 0 Å². The number of ether oxygens (including phenoxy) is 2. The van der Waals surface area contributed by atoms with Crippen LogP contribution in [0.15, 0.2) is 0 Å². The molecule has 1 N–H and O–H groups in total. The van der Waals surface area contributed by atoms with Crippen molar-refractivity contribution in [2.24, 2.45) is 0 Å². The number of carbonyl (C=O) groups is 2. The zero-order valence-electron chi connectivity index (χ0n) is 12.4. The van der Waals surface area contributed by atoms with Gasteiger partial charge in [0.15, 0.2) is 6.10 Å². The number of rotatable bonds is 2. The predicted molar refractivity (Wildman–Crippen MR) is 68.7 cm³/mol. The molecule has 0 saturated carbocycles. The molecular formula is C13H23NO5. The second-order valence-corrected chi connectivity index (χ2v) is 6.15. The van der Waals surface area contributed by atoms with Crippen LogP contribution in [-0.2, 0) is 14.3 Å². The van der Waals surface area contributed by atoms with Gasteiger partial charge in [0.25, 0.3) is 0 Å². The number of nitrogens with zero attached hydrogens (tertiary/aromatic N) is 1. The molecule has 1 aliphatic heterocycles. The number of carboxylic acid groups (broad SMARTS) is 1. The molecule has 1 heterocycles. The SMILES string of the molecule is CC[C@@H]1[C@@H](C(=O)O)OC(C)(C)N1C(=O)OC(C)(C)C. The lowest BCUT2D eigenvalue weighted by Crippen LogP contribution is -2.50. The van der Waals surface area contributed by atoms with Gasteiger partial charge in [-0.25, -0.2) is 9.59 Å². The minimum Gasteiger partial charge on any atom is -0.479 e.